The van der Waals surface area contributed by atoms with E-state index < -0.39 is 11.7 Å². The minimum atomic E-state index is -4.37. The fraction of sp³-hybridized carbons (Fsp3) is 0.217. The molecule has 2 heterocycles. The summed E-state index contributed by atoms with van der Waals surface area (Å²) in [5.74, 6) is -0.119. The number of carbonyl (C=O) groups is 1. The van der Waals surface area contributed by atoms with E-state index in [9.17, 15) is 18.0 Å². The summed E-state index contributed by atoms with van der Waals surface area (Å²) in [5.41, 5.74) is 1.56. The first-order chi connectivity index (χ1) is 14.4. The Kier molecular flexibility index (Phi) is 5.44. The summed E-state index contributed by atoms with van der Waals surface area (Å²) in [6.07, 6.45) is 0.643. The summed E-state index contributed by atoms with van der Waals surface area (Å²) in [6, 6.07) is 14.9. The van der Waals surface area contributed by atoms with E-state index in [0.29, 0.717) is 31.9 Å². The van der Waals surface area contributed by atoms with Crippen molar-refractivity contribution in [3.63, 3.8) is 0 Å². The Labute approximate surface area is 172 Å². The number of carbonyl (C=O) groups excluding carboxylic acids is 1. The number of anilines is 1. The number of piperazine rings is 1. The number of halogens is 3. The second-order valence-electron chi connectivity index (χ2n) is 7.12. The van der Waals surface area contributed by atoms with Gasteiger partial charge in [0.1, 0.15) is 0 Å². The van der Waals surface area contributed by atoms with Gasteiger partial charge in [0, 0.05) is 55.1 Å². The molecule has 0 spiro atoms. The molecule has 4 nitrogen and oxygen atoms in total. The highest BCUT2D eigenvalue weighted by Gasteiger charge is 2.31. The van der Waals surface area contributed by atoms with Gasteiger partial charge in [-0.2, -0.15) is 13.2 Å². The molecule has 0 bridgehead atoms. The van der Waals surface area contributed by atoms with Crippen LogP contribution in [0.3, 0.4) is 0 Å². The molecule has 3 aromatic rings. The van der Waals surface area contributed by atoms with Gasteiger partial charge in [-0.25, -0.2) is 0 Å². The second kappa shape index (κ2) is 8.18. The maximum atomic E-state index is 12.9. The van der Waals surface area contributed by atoms with Gasteiger partial charge in [0.05, 0.1) is 11.1 Å². The Hall–Kier alpha value is -3.35. The largest absolute Gasteiger partial charge is 0.416 e. The fourth-order valence-corrected chi connectivity index (χ4v) is 3.59. The molecule has 1 aliphatic heterocycles. The lowest BCUT2D eigenvalue weighted by atomic mass is 10.1. The fourth-order valence-electron chi connectivity index (χ4n) is 3.59. The van der Waals surface area contributed by atoms with E-state index >= 15 is 0 Å². The van der Waals surface area contributed by atoms with Gasteiger partial charge in [-0.1, -0.05) is 30.3 Å². The van der Waals surface area contributed by atoms with Crippen LogP contribution in [0.5, 0.6) is 0 Å². The average molecular weight is 411 g/mol. The first-order valence-electron chi connectivity index (χ1n) is 9.65. The molecule has 0 unspecified atom stereocenters. The standard InChI is InChI=1S/C23H20F3N3O/c24-23(25,26)19-7-2-8-20(16-19)28-12-14-29(15-13-28)21(30)10-9-18-5-1-4-17-6-3-11-27-22(17)18/h1-11,16H,12-15H2. The van der Waals surface area contributed by atoms with Gasteiger partial charge in [0.25, 0.3) is 0 Å². The molecular formula is C23H20F3N3O. The zero-order chi connectivity index (χ0) is 21.1. The third-order valence-electron chi connectivity index (χ3n) is 5.20. The van der Waals surface area contributed by atoms with Crippen molar-refractivity contribution < 1.29 is 18.0 Å². The van der Waals surface area contributed by atoms with E-state index in [1.54, 1.807) is 23.2 Å². The van der Waals surface area contributed by atoms with Gasteiger partial charge in [-0.05, 0) is 30.3 Å². The Balaban J connectivity index is 1.41. The summed E-state index contributed by atoms with van der Waals surface area (Å²) in [5, 5.41) is 1.00. The van der Waals surface area contributed by atoms with Crippen molar-refractivity contribution in [2.24, 2.45) is 0 Å². The zero-order valence-corrected chi connectivity index (χ0v) is 16.1. The molecule has 2 aromatic carbocycles. The lowest BCUT2D eigenvalue weighted by molar-refractivity contribution is -0.137. The van der Waals surface area contributed by atoms with Gasteiger partial charge in [0.2, 0.25) is 5.91 Å². The Bertz CT molecular complexity index is 1080. The van der Waals surface area contributed by atoms with Gasteiger partial charge >= 0.3 is 6.18 Å². The van der Waals surface area contributed by atoms with Crippen molar-refractivity contribution in [1.82, 2.24) is 9.88 Å². The van der Waals surface area contributed by atoms with Crippen molar-refractivity contribution in [2.45, 2.75) is 6.18 Å². The molecule has 1 aliphatic rings. The lowest BCUT2D eigenvalue weighted by Crippen LogP contribution is -2.48. The predicted octanol–water partition coefficient (Wildman–Crippen LogP) is 4.62. The van der Waals surface area contributed by atoms with Gasteiger partial charge < -0.3 is 9.80 Å². The highest BCUT2D eigenvalue weighted by Crippen LogP contribution is 2.31. The monoisotopic (exact) mass is 411 g/mol. The van der Waals surface area contributed by atoms with Crippen LogP contribution in [0.4, 0.5) is 18.9 Å². The maximum Gasteiger partial charge on any atom is 0.416 e. The van der Waals surface area contributed by atoms with Crippen LogP contribution in [0, 0.1) is 0 Å². The minimum absolute atomic E-state index is 0.119. The van der Waals surface area contributed by atoms with Crippen LogP contribution in [0.25, 0.3) is 17.0 Å². The van der Waals surface area contributed by atoms with E-state index in [1.807, 2.05) is 35.2 Å². The SMILES string of the molecule is O=C(C=Cc1cccc2cccnc12)N1CCN(c2cccc(C(F)(F)F)c2)CC1. The highest BCUT2D eigenvalue weighted by atomic mass is 19.4. The number of pyridine rings is 1. The number of para-hydroxylation sites is 1. The topological polar surface area (TPSA) is 36.4 Å². The molecule has 1 aromatic heterocycles. The van der Waals surface area contributed by atoms with Crippen LogP contribution in [0.1, 0.15) is 11.1 Å². The molecule has 0 aliphatic carbocycles. The molecular weight excluding hydrogens is 391 g/mol. The van der Waals surface area contributed by atoms with Gasteiger partial charge in [0.15, 0.2) is 0 Å². The predicted molar refractivity (Wildman–Crippen MR) is 111 cm³/mol. The number of hydrogen-bond acceptors (Lipinski definition) is 3. The van der Waals surface area contributed by atoms with E-state index in [2.05, 4.69) is 4.98 Å². The summed E-state index contributed by atoms with van der Waals surface area (Å²) < 4.78 is 38.8. The van der Waals surface area contributed by atoms with Crippen LogP contribution >= 0.6 is 0 Å². The highest BCUT2D eigenvalue weighted by molar-refractivity contribution is 5.95. The number of amides is 1. The smallest absolute Gasteiger partial charge is 0.368 e. The molecule has 0 saturated carbocycles. The van der Waals surface area contributed by atoms with Crippen LogP contribution in [0.15, 0.2) is 66.9 Å². The summed E-state index contributed by atoms with van der Waals surface area (Å²) >= 11 is 0. The maximum absolute atomic E-state index is 12.9. The molecule has 1 amide bonds. The Morgan fingerprint density at radius 2 is 1.70 bits per heavy atom. The van der Waals surface area contributed by atoms with Crippen LogP contribution in [-0.2, 0) is 11.0 Å². The number of aromatic nitrogens is 1. The van der Waals surface area contributed by atoms with Crippen molar-refractivity contribution in [3.05, 3.63) is 78.0 Å². The van der Waals surface area contributed by atoms with Gasteiger partial charge in [-0.3, -0.25) is 9.78 Å². The molecule has 30 heavy (non-hydrogen) atoms. The molecule has 0 N–H and O–H groups in total. The first kappa shape index (κ1) is 19.9. The Morgan fingerprint density at radius 1 is 0.967 bits per heavy atom. The number of rotatable bonds is 3. The van der Waals surface area contributed by atoms with Crippen molar-refractivity contribution in [3.8, 4) is 0 Å². The number of hydrogen-bond donors (Lipinski definition) is 0. The molecule has 154 valence electrons. The van der Waals surface area contributed by atoms with E-state index in [4.69, 9.17) is 0 Å². The van der Waals surface area contributed by atoms with Crippen molar-refractivity contribution >= 4 is 28.6 Å². The number of nitrogens with zero attached hydrogens (tertiary/aromatic N) is 3. The van der Waals surface area contributed by atoms with Crippen molar-refractivity contribution in [1.29, 1.82) is 0 Å². The number of fused-ring (bicyclic) bond motifs is 1. The molecule has 7 heteroatoms. The van der Waals surface area contributed by atoms with Crippen LogP contribution in [-0.4, -0.2) is 42.0 Å². The normalized spacial score (nSPS) is 15.2. The molecule has 1 fully saturated rings. The average Bonchev–Trinajstić information content (AvgIpc) is 2.77. The molecule has 4 rings (SSSR count). The Morgan fingerprint density at radius 3 is 2.47 bits per heavy atom. The second-order valence-corrected chi connectivity index (χ2v) is 7.12. The quantitative estimate of drug-likeness (QED) is 0.591. The molecule has 1 saturated heterocycles. The van der Waals surface area contributed by atoms with E-state index in [0.717, 1.165) is 28.6 Å². The zero-order valence-electron chi connectivity index (χ0n) is 16.1. The lowest BCUT2D eigenvalue weighted by Gasteiger charge is -2.35. The summed E-state index contributed by atoms with van der Waals surface area (Å²) in [6.45, 7) is 1.87. The van der Waals surface area contributed by atoms with Crippen LogP contribution in [0.2, 0.25) is 0 Å². The minimum Gasteiger partial charge on any atom is -0.368 e. The van der Waals surface area contributed by atoms with Crippen LogP contribution < -0.4 is 4.90 Å². The first-order valence-corrected chi connectivity index (χ1v) is 9.65. The third-order valence-corrected chi connectivity index (χ3v) is 5.20. The summed E-state index contributed by atoms with van der Waals surface area (Å²) in [7, 11) is 0. The summed E-state index contributed by atoms with van der Waals surface area (Å²) in [4.78, 5) is 20.5. The molecule has 0 radical (unpaired) electrons. The number of benzene rings is 2. The van der Waals surface area contributed by atoms with Gasteiger partial charge in [-0.15, -0.1) is 0 Å². The van der Waals surface area contributed by atoms with E-state index in [-0.39, 0.29) is 5.91 Å². The third kappa shape index (κ3) is 4.30. The van der Waals surface area contributed by atoms with E-state index in [1.165, 1.54) is 12.1 Å². The van der Waals surface area contributed by atoms with Crippen molar-refractivity contribution in [2.75, 3.05) is 31.1 Å². The molecule has 0 atom stereocenters. The number of alkyl halides is 3.